The highest BCUT2D eigenvalue weighted by Crippen LogP contribution is 2.26. The minimum atomic E-state index is 0.0719. The van der Waals surface area contributed by atoms with Gasteiger partial charge in [-0.2, -0.15) is 0 Å². The second-order valence-electron chi connectivity index (χ2n) is 4.11. The normalized spacial score (nSPS) is 13.8. The van der Waals surface area contributed by atoms with Crippen molar-refractivity contribution in [2.24, 2.45) is 5.73 Å². The first kappa shape index (κ1) is 11.7. The minimum absolute atomic E-state index is 0.0719. The number of aryl methyl sites for hydroxylation is 1. The van der Waals surface area contributed by atoms with E-state index < -0.39 is 0 Å². The predicted molar refractivity (Wildman–Crippen MR) is 67.1 cm³/mol. The first-order chi connectivity index (χ1) is 8.19. The smallest absolute Gasteiger partial charge is 0.224 e. The quantitative estimate of drug-likeness (QED) is 0.772. The van der Waals surface area contributed by atoms with Crippen molar-refractivity contribution in [1.82, 2.24) is 0 Å². The number of hydrogen-bond acceptors (Lipinski definition) is 3. The fraction of sp³-hybridized carbons (Fsp3) is 0.308. The highest BCUT2D eigenvalue weighted by atomic mass is 16.5. The molecule has 1 heterocycles. The van der Waals surface area contributed by atoms with Crippen LogP contribution < -0.4 is 15.8 Å². The Labute approximate surface area is 100 Å². The molecule has 0 fully saturated rings. The van der Waals surface area contributed by atoms with E-state index in [1.807, 2.05) is 18.2 Å². The molecule has 1 aromatic carbocycles. The van der Waals surface area contributed by atoms with Gasteiger partial charge in [0.2, 0.25) is 5.91 Å². The molecule has 0 unspecified atom stereocenters. The molecular weight excluding hydrogens is 216 g/mol. The van der Waals surface area contributed by atoms with Gasteiger partial charge in [0, 0.05) is 18.7 Å². The molecule has 0 saturated heterocycles. The first-order valence-corrected chi connectivity index (χ1v) is 5.61. The summed E-state index contributed by atoms with van der Waals surface area (Å²) < 4.78 is 5.56. The first-order valence-electron chi connectivity index (χ1n) is 5.61. The molecule has 90 valence electrons. The molecular formula is C13H16N2O2. The average Bonchev–Trinajstić information content (AvgIpc) is 2.35. The molecule has 1 aliphatic rings. The Hall–Kier alpha value is -1.81. The summed E-state index contributed by atoms with van der Waals surface area (Å²) >= 11 is 0. The van der Waals surface area contributed by atoms with Gasteiger partial charge in [-0.1, -0.05) is 6.58 Å². The molecule has 0 bridgehead atoms. The lowest BCUT2D eigenvalue weighted by atomic mass is 10.0. The fourth-order valence-electron chi connectivity index (χ4n) is 1.69. The van der Waals surface area contributed by atoms with E-state index in [0.29, 0.717) is 19.6 Å². The second kappa shape index (κ2) is 5.01. The third-order valence-corrected chi connectivity index (χ3v) is 2.70. The summed E-state index contributed by atoms with van der Waals surface area (Å²) in [5.41, 5.74) is 8.29. The maximum Gasteiger partial charge on any atom is 0.224 e. The lowest BCUT2D eigenvalue weighted by molar-refractivity contribution is -0.116. The van der Waals surface area contributed by atoms with Crippen molar-refractivity contribution in [2.45, 2.75) is 12.8 Å². The number of benzene rings is 1. The molecule has 1 aromatic rings. The van der Waals surface area contributed by atoms with Crippen molar-refractivity contribution in [2.75, 3.05) is 18.5 Å². The van der Waals surface area contributed by atoms with Crippen molar-refractivity contribution < 1.29 is 9.53 Å². The number of carbonyl (C=O) groups excluding carboxylic acids is 1. The summed E-state index contributed by atoms with van der Waals surface area (Å²) in [5, 5.41) is 2.83. The van der Waals surface area contributed by atoms with E-state index in [0.717, 1.165) is 29.0 Å². The Bertz CT molecular complexity index is 455. The maximum absolute atomic E-state index is 11.2. The molecule has 0 spiro atoms. The van der Waals surface area contributed by atoms with Gasteiger partial charge in [0.25, 0.3) is 0 Å². The number of nitrogens with one attached hydrogen (secondary N) is 1. The summed E-state index contributed by atoms with van der Waals surface area (Å²) in [6, 6.07) is 5.67. The van der Waals surface area contributed by atoms with Gasteiger partial charge in [-0.25, -0.2) is 0 Å². The van der Waals surface area contributed by atoms with Crippen LogP contribution >= 0.6 is 0 Å². The lowest BCUT2D eigenvalue weighted by Crippen LogP contribution is -2.19. The van der Waals surface area contributed by atoms with E-state index in [1.54, 1.807) is 0 Å². The predicted octanol–water partition coefficient (Wildman–Crippen LogP) is 1.46. The Balaban J connectivity index is 2.06. The van der Waals surface area contributed by atoms with E-state index in [-0.39, 0.29) is 5.91 Å². The number of rotatable bonds is 4. The molecule has 1 amide bonds. The summed E-state index contributed by atoms with van der Waals surface area (Å²) in [4.78, 5) is 11.2. The third kappa shape index (κ3) is 2.85. The van der Waals surface area contributed by atoms with Crippen molar-refractivity contribution in [3.05, 3.63) is 35.9 Å². The molecule has 4 heteroatoms. The van der Waals surface area contributed by atoms with E-state index in [9.17, 15) is 4.79 Å². The van der Waals surface area contributed by atoms with Crippen LogP contribution in [0, 0.1) is 0 Å². The van der Waals surface area contributed by atoms with Crippen LogP contribution in [-0.4, -0.2) is 19.1 Å². The van der Waals surface area contributed by atoms with Crippen LogP contribution in [0.3, 0.4) is 0 Å². The largest absolute Gasteiger partial charge is 0.489 e. The number of carbonyl (C=O) groups is 1. The summed E-state index contributed by atoms with van der Waals surface area (Å²) in [7, 11) is 0. The van der Waals surface area contributed by atoms with Crippen molar-refractivity contribution >= 4 is 11.6 Å². The summed E-state index contributed by atoms with van der Waals surface area (Å²) in [5.74, 6) is 0.858. The highest BCUT2D eigenvalue weighted by molar-refractivity contribution is 5.93. The fourth-order valence-corrected chi connectivity index (χ4v) is 1.69. The maximum atomic E-state index is 11.2. The number of fused-ring (bicyclic) bond motifs is 1. The van der Waals surface area contributed by atoms with Crippen molar-refractivity contribution in [1.29, 1.82) is 0 Å². The van der Waals surface area contributed by atoms with E-state index in [2.05, 4.69) is 11.9 Å². The number of hydrogen-bond donors (Lipinski definition) is 2. The SMILES string of the molecule is C=C(CN)COc1ccc2c(c1)CCC(=O)N2. The molecule has 3 N–H and O–H groups in total. The molecule has 1 aliphatic heterocycles. The summed E-state index contributed by atoms with van der Waals surface area (Å²) in [6.07, 6.45) is 1.29. The molecule has 0 aromatic heterocycles. The topological polar surface area (TPSA) is 64.3 Å². The molecule has 0 atom stereocenters. The number of anilines is 1. The third-order valence-electron chi connectivity index (χ3n) is 2.70. The Morgan fingerprint density at radius 3 is 3.06 bits per heavy atom. The van der Waals surface area contributed by atoms with Gasteiger partial charge in [0.05, 0.1) is 0 Å². The van der Waals surface area contributed by atoms with Gasteiger partial charge in [0.1, 0.15) is 12.4 Å². The van der Waals surface area contributed by atoms with Gasteiger partial charge in [0.15, 0.2) is 0 Å². The number of amides is 1. The Morgan fingerprint density at radius 1 is 1.47 bits per heavy atom. The zero-order valence-electron chi connectivity index (χ0n) is 9.66. The molecule has 0 aliphatic carbocycles. The molecule has 4 nitrogen and oxygen atoms in total. The van der Waals surface area contributed by atoms with Crippen molar-refractivity contribution in [3.63, 3.8) is 0 Å². The van der Waals surface area contributed by atoms with Gasteiger partial charge in [-0.3, -0.25) is 4.79 Å². The number of nitrogens with two attached hydrogens (primary N) is 1. The van der Waals surface area contributed by atoms with Gasteiger partial charge in [-0.05, 0) is 35.8 Å². The molecule has 0 radical (unpaired) electrons. The number of ether oxygens (including phenoxy) is 1. The monoisotopic (exact) mass is 232 g/mol. The van der Waals surface area contributed by atoms with Crippen LogP contribution in [0.4, 0.5) is 5.69 Å². The second-order valence-corrected chi connectivity index (χ2v) is 4.11. The minimum Gasteiger partial charge on any atom is -0.489 e. The zero-order valence-corrected chi connectivity index (χ0v) is 9.66. The summed E-state index contributed by atoms with van der Waals surface area (Å²) in [6.45, 7) is 4.64. The van der Waals surface area contributed by atoms with Gasteiger partial charge >= 0.3 is 0 Å². The van der Waals surface area contributed by atoms with Gasteiger partial charge < -0.3 is 15.8 Å². The van der Waals surface area contributed by atoms with Crippen LogP contribution in [0.1, 0.15) is 12.0 Å². The Kier molecular flexibility index (Phi) is 3.44. The molecule has 17 heavy (non-hydrogen) atoms. The van der Waals surface area contributed by atoms with E-state index >= 15 is 0 Å². The van der Waals surface area contributed by atoms with Crippen LogP contribution in [0.5, 0.6) is 5.75 Å². The van der Waals surface area contributed by atoms with E-state index in [4.69, 9.17) is 10.5 Å². The van der Waals surface area contributed by atoms with Crippen LogP contribution in [0.15, 0.2) is 30.4 Å². The average molecular weight is 232 g/mol. The van der Waals surface area contributed by atoms with Crippen LogP contribution in [0.2, 0.25) is 0 Å². The highest BCUT2D eigenvalue weighted by Gasteiger charge is 2.14. The molecule has 2 rings (SSSR count). The van der Waals surface area contributed by atoms with E-state index in [1.165, 1.54) is 0 Å². The van der Waals surface area contributed by atoms with Crippen molar-refractivity contribution in [3.8, 4) is 5.75 Å². The lowest BCUT2D eigenvalue weighted by Gasteiger charge is -2.17. The van der Waals surface area contributed by atoms with Gasteiger partial charge in [-0.15, -0.1) is 0 Å². The van der Waals surface area contributed by atoms with Crippen LogP contribution in [0.25, 0.3) is 0 Å². The zero-order chi connectivity index (χ0) is 12.3. The standard InChI is InChI=1S/C13H16N2O2/c1-9(7-14)8-17-11-3-4-12-10(6-11)2-5-13(16)15-12/h3-4,6H,1-2,5,7-8,14H2,(H,15,16). The van der Waals surface area contributed by atoms with Crippen LogP contribution in [-0.2, 0) is 11.2 Å². The Morgan fingerprint density at radius 2 is 2.29 bits per heavy atom. The molecule has 0 saturated carbocycles.